The number of hydrogen-bond acceptors (Lipinski definition) is 6. The molecule has 0 bridgehead atoms. The maximum atomic E-state index is 12.9. The lowest BCUT2D eigenvalue weighted by Crippen LogP contribution is -2.28. The summed E-state index contributed by atoms with van der Waals surface area (Å²) in [6.07, 6.45) is 2.13. The van der Waals surface area contributed by atoms with Gasteiger partial charge in [-0.15, -0.1) is 0 Å². The van der Waals surface area contributed by atoms with Gasteiger partial charge in [-0.05, 0) is 58.2 Å². The van der Waals surface area contributed by atoms with Crippen LogP contribution in [-0.4, -0.2) is 42.2 Å². The third kappa shape index (κ3) is 4.72. The van der Waals surface area contributed by atoms with Crippen LogP contribution in [0.15, 0.2) is 24.3 Å². The number of esters is 1. The van der Waals surface area contributed by atoms with E-state index in [9.17, 15) is 9.59 Å². The van der Waals surface area contributed by atoms with Gasteiger partial charge in [0.05, 0.1) is 30.5 Å². The minimum atomic E-state index is -0.655. The molecule has 0 aliphatic carbocycles. The molecule has 1 unspecified atom stereocenters. The molecule has 0 amide bonds. The molecule has 2 heterocycles. The first kappa shape index (κ1) is 20.4. The summed E-state index contributed by atoms with van der Waals surface area (Å²) in [5.41, 5.74) is 0.917. The second-order valence-electron chi connectivity index (χ2n) is 7.82. The highest BCUT2D eigenvalue weighted by atomic mass is 16.7. The predicted molar refractivity (Wildman–Crippen MR) is 103 cm³/mol. The average Bonchev–Trinajstić information content (AvgIpc) is 3.02. The van der Waals surface area contributed by atoms with Gasteiger partial charge >= 0.3 is 12.1 Å². The van der Waals surface area contributed by atoms with Gasteiger partial charge in [0.2, 0.25) is 0 Å². The number of fused-ring (bicyclic) bond motifs is 1. The Morgan fingerprint density at radius 1 is 1.21 bits per heavy atom. The van der Waals surface area contributed by atoms with E-state index in [0.717, 1.165) is 24.6 Å². The molecule has 1 aliphatic heterocycles. The number of carbonyl (C=O) groups excluding carboxylic acids is 2. The molecular formula is C21H27NO6. The lowest BCUT2D eigenvalue weighted by atomic mass is 10.1. The fraction of sp³-hybridized carbons (Fsp3) is 0.524. The van der Waals surface area contributed by atoms with E-state index >= 15 is 0 Å². The quantitative estimate of drug-likeness (QED) is 0.728. The number of hydrogen-bond donors (Lipinski definition) is 0. The summed E-state index contributed by atoms with van der Waals surface area (Å²) >= 11 is 0. The minimum Gasteiger partial charge on any atom is -0.465 e. The van der Waals surface area contributed by atoms with E-state index in [1.807, 2.05) is 26.8 Å². The van der Waals surface area contributed by atoms with Crippen molar-refractivity contribution < 1.29 is 28.5 Å². The van der Waals surface area contributed by atoms with Gasteiger partial charge < -0.3 is 18.9 Å². The molecule has 1 aliphatic rings. The monoisotopic (exact) mass is 389 g/mol. The SMILES string of the molecule is COC(=O)c1ccc2cc(COC3CCCCO3)n(C(=O)OC(C)(C)C)c2c1. The molecule has 152 valence electrons. The molecule has 0 saturated carbocycles. The maximum Gasteiger partial charge on any atom is 0.419 e. The van der Waals surface area contributed by atoms with E-state index in [0.29, 0.717) is 23.4 Å². The summed E-state index contributed by atoms with van der Waals surface area (Å²) in [6, 6.07) is 6.94. The van der Waals surface area contributed by atoms with Gasteiger partial charge in [-0.2, -0.15) is 0 Å². The molecule has 1 atom stereocenters. The molecule has 2 aromatic rings. The Balaban J connectivity index is 1.96. The Kier molecular flexibility index (Phi) is 6.05. The van der Waals surface area contributed by atoms with Gasteiger partial charge in [-0.25, -0.2) is 14.2 Å². The largest absolute Gasteiger partial charge is 0.465 e. The van der Waals surface area contributed by atoms with E-state index < -0.39 is 17.7 Å². The van der Waals surface area contributed by atoms with Gasteiger partial charge in [0.25, 0.3) is 0 Å². The van der Waals surface area contributed by atoms with Crippen LogP contribution in [0.2, 0.25) is 0 Å². The lowest BCUT2D eigenvalue weighted by Gasteiger charge is -2.24. The van der Waals surface area contributed by atoms with Gasteiger partial charge in [0, 0.05) is 12.0 Å². The van der Waals surface area contributed by atoms with E-state index in [2.05, 4.69) is 0 Å². The molecule has 7 nitrogen and oxygen atoms in total. The average molecular weight is 389 g/mol. The van der Waals surface area contributed by atoms with Crippen molar-refractivity contribution in [1.82, 2.24) is 4.57 Å². The smallest absolute Gasteiger partial charge is 0.419 e. The molecule has 0 radical (unpaired) electrons. The van der Waals surface area contributed by atoms with Crippen molar-refractivity contribution >= 4 is 23.0 Å². The van der Waals surface area contributed by atoms with Crippen LogP contribution < -0.4 is 0 Å². The second kappa shape index (κ2) is 8.32. The first-order valence-electron chi connectivity index (χ1n) is 9.48. The van der Waals surface area contributed by atoms with E-state index in [1.54, 1.807) is 18.2 Å². The maximum absolute atomic E-state index is 12.9. The molecule has 1 aromatic carbocycles. The van der Waals surface area contributed by atoms with E-state index in [1.165, 1.54) is 11.7 Å². The summed E-state index contributed by atoms with van der Waals surface area (Å²) in [4.78, 5) is 24.8. The number of rotatable bonds is 4. The zero-order valence-electron chi connectivity index (χ0n) is 16.8. The fourth-order valence-corrected chi connectivity index (χ4v) is 3.15. The third-order valence-electron chi connectivity index (χ3n) is 4.43. The summed E-state index contributed by atoms with van der Waals surface area (Å²) in [7, 11) is 1.32. The molecule has 0 N–H and O–H groups in total. The van der Waals surface area contributed by atoms with Crippen molar-refractivity contribution in [2.45, 2.75) is 58.5 Å². The van der Waals surface area contributed by atoms with Crippen LogP contribution in [0.5, 0.6) is 0 Å². The molecule has 0 spiro atoms. The zero-order chi connectivity index (χ0) is 20.3. The topological polar surface area (TPSA) is 76.0 Å². The molecule has 28 heavy (non-hydrogen) atoms. The first-order chi connectivity index (χ1) is 13.3. The summed E-state index contributed by atoms with van der Waals surface area (Å²) in [6.45, 7) is 6.31. The highest BCUT2D eigenvalue weighted by molar-refractivity contribution is 5.97. The van der Waals surface area contributed by atoms with Crippen molar-refractivity contribution in [3.63, 3.8) is 0 Å². The van der Waals surface area contributed by atoms with Crippen molar-refractivity contribution in [1.29, 1.82) is 0 Å². The lowest BCUT2D eigenvalue weighted by molar-refractivity contribution is -0.169. The number of benzene rings is 1. The molecular weight excluding hydrogens is 362 g/mol. The molecule has 1 fully saturated rings. The van der Waals surface area contributed by atoms with Gasteiger partial charge in [0.1, 0.15) is 5.60 Å². The van der Waals surface area contributed by atoms with Crippen molar-refractivity contribution in [2.75, 3.05) is 13.7 Å². The number of carbonyl (C=O) groups is 2. The predicted octanol–water partition coefficient (Wildman–Crippen LogP) is 4.25. The normalized spacial score (nSPS) is 17.5. The molecule has 1 aromatic heterocycles. The Bertz CT molecular complexity index is 858. The van der Waals surface area contributed by atoms with Crippen LogP contribution in [0, 0.1) is 0 Å². The molecule has 3 rings (SSSR count). The summed E-state index contributed by atoms with van der Waals surface area (Å²) in [5.74, 6) is -0.466. The number of aromatic nitrogens is 1. The minimum absolute atomic E-state index is 0.201. The Morgan fingerprint density at radius 3 is 2.64 bits per heavy atom. The van der Waals surface area contributed by atoms with Crippen LogP contribution in [0.3, 0.4) is 0 Å². The van der Waals surface area contributed by atoms with Gasteiger partial charge in [0.15, 0.2) is 6.29 Å². The van der Waals surface area contributed by atoms with Crippen molar-refractivity contribution in [3.05, 3.63) is 35.5 Å². The van der Waals surface area contributed by atoms with E-state index in [4.69, 9.17) is 18.9 Å². The Labute approximate surface area is 164 Å². The summed E-state index contributed by atoms with van der Waals surface area (Å²) < 4.78 is 23.3. The first-order valence-corrected chi connectivity index (χ1v) is 9.48. The van der Waals surface area contributed by atoms with Crippen molar-refractivity contribution in [3.8, 4) is 0 Å². The van der Waals surface area contributed by atoms with Gasteiger partial charge in [-0.1, -0.05) is 6.07 Å². The fourth-order valence-electron chi connectivity index (χ4n) is 3.15. The Hall–Kier alpha value is -2.38. The standard InChI is InChI=1S/C21H27NO6/c1-21(2,3)28-20(24)22-16(13-27-18-7-5-6-10-26-18)11-14-8-9-15(12-17(14)22)19(23)25-4/h8-9,11-12,18H,5-7,10,13H2,1-4H3. The molecule has 7 heteroatoms. The Morgan fingerprint density at radius 2 is 2.00 bits per heavy atom. The van der Waals surface area contributed by atoms with Crippen LogP contribution >= 0.6 is 0 Å². The van der Waals surface area contributed by atoms with E-state index in [-0.39, 0.29) is 12.9 Å². The highest BCUT2D eigenvalue weighted by Gasteiger charge is 2.24. The highest BCUT2D eigenvalue weighted by Crippen LogP contribution is 2.25. The van der Waals surface area contributed by atoms with Crippen LogP contribution in [0.4, 0.5) is 4.79 Å². The zero-order valence-corrected chi connectivity index (χ0v) is 16.8. The number of nitrogens with zero attached hydrogens (tertiary/aromatic N) is 1. The third-order valence-corrected chi connectivity index (χ3v) is 4.43. The van der Waals surface area contributed by atoms with Crippen LogP contribution in [0.1, 0.15) is 56.1 Å². The second-order valence-corrected chi connectivity index (χ2v) is 7.82. The van der Waals surface area contributed by atoms with Crippen molar-refractivity contribution in [2.24, 2.45) is 0 Å². The molecule has 1 saturated heterocycles. The van der Waals surface area contributed by atoms with Gasteiger partial charge in [-0.3, -0.25) is 0 Å². The number of ether oxygens (including phenoxy) is 4. The summed E-state index contributed by atoms with van der Waals surface area (Å²) in [5, 5.41) is 0.807. The number of methoxy groups -OCH3 is 1. The van der Waals surface area contributed by atoms with Crippen LogP contribution in [-0.2, 0) is 25.6 Å². The van der Waals surface area contributed by atoms with Crippen LogP contribution in [0.25, 0.3) is 10.9 Å².